The monoisotopic (exact) mass is 318 g/mol. The molecule has 0 bridgehead atoms. The van der Waals surface area contributed by atoms with Gasteiger partial charge in [0.1, 0.15) is 5.75 Å². The lowest BCUT2D eigenvalue weighted by atomic mass is 10.2. The maximum absolute atomic E-state index is 10.5. The third-order valence-electron chi connectivity index (χ3n) is 3.33. The van der Waals surface area contributed by atoms with Gasteiger partial charge < -0.3 is 9.84 Å². The molecular formula is C16H22N4O3. The number of carbonyl (C=O) groups is 1. The summed E-state index contributed by atoms with van der Waals surface area (Å²) < 4.78 is 5.66. The number of nitrogens with zero attached hydrogens (tertiary/aromatic N) is 4. The highest BCUT2D eigenvalue weighted by Crippen LogP contribution is 2.19. The standard InChI is InChI=1S/C16H22N4O3/c1-2-3-4-12-23-14-9-7-13(8-10-14)16-17-19-20(18-16)11-5-6-15(21)22/h7-10H,2-6,11-12H2,1H3,(H,21,22). The Balaban J connectivity index is 1.86. The van der Waals surface area contributed by atoms with Crippen LogP contribution in [0.15, 0.2) is 24.3 Å². The zero-order chi connectivity index (χ0) is 16.5. The number of aliphatic carboxylic acids is 1. The van der Waals surface area contributed by atoms with Gasteiger partial charge in [0.05, 0.1) is 13.2 Å². The van der Waals surface area contributed by atoms with Gasteiger partial charge in [0.2, 0.25) is 5.82 Å². The molecule has 0 radical (unpaired) electrons. The fourth-order valence-corrected chi connectivity index (χ4v) is 2.07. The lowest BCUT2D eigenvalue weighted by molar-refractivity contribution is -0.137. The molecule has 7 nitrogen and oxygen atoms in total. The van der Waals surface area contributed by atoms with Gasteiger partial charge in [-0.2, -0.15) is 4.80 Å². The van der Waals surface area contributed by atoms with Crippen molar-refractivity contribution in [3.63, 3.8) is 0 Å². The first-order valence-corrected chi connectivity index (χ1v) is 7.92. The lowest BCUT2D eigenvalue weighted by Crippen LogP contribution is -2.05. The maximum Gasteiger partial charge on any atom is 0.303 e. The molecule has 0 unspecified atom stereocenters. The second kappa shape index (κ2) is 8.87. The van der Waals surface area contributed by atoms with E-state index in [2.05, 4.69) is 22.3 Å². The van der Waals surface area contributed by atoms with Crippen molar-refractivity contribution in [3.05, 3.63) is 24.3 Å². The zero-order valence-corrected chi connectivity index (χ0v) is 13.3. The molecule has 23 heavy (non-hydrogen) atoms. The molecule has 1 N–H and O–H groups in total. The van der Waals surface area contributed by atoms with Crippen molar-refractivity contribution in [1.82, 2.24) is 20.2 Å². The number of ether oxygens (including phenoxy) is 1. The van der Waals surface area contributed by atoms with Gasteiger partial charge in [0.15, 0.2) is 0 Å². The Morgan fingerprint density at radius 3 is 2.70 bits per heavy atom. The Morgan fingerprint density at radius 1 is 1.22 bits per heavy atom. The van der Waals surface area contributed by atoms with Crippen LogP contribution in [0.2, 0.25) is 0 Å². The minimum atomic E-state index is -0.820. The van der Waals surface area contributed by atoms with Gasteiger partial charge in [-0.3, -0.25) is 4.79 Å². The van der Waals surface area contributed by atoms with Crippen LogP contribution in [-0.4, -0.2) is 37.9 Å². The number of aryl methyl sites for hydroxylation is 1. The molecule has 0 fully saturated rings. The van der Waals surface area contributed by atoms with E-state index in [4.69, 9.17) is 9.84 Å². The summed E-state index contributed by atoms with van der Waals surface area (Å²) in [7, 11) is 0. The number of aromatic nitrogens is 4. The summed E-state index contributed by atoms with van der Waals surface area (Å²) in [4.78, 5) is 11.9. The fraction of sp³-hybridized carbons (Fsp3) is 0.500. The minimum Gasteiger partial charge on any atom is -0.494 e. The molecule has 0 aliphatic rings. The molecule has 0 spiro atoms. The molecule has 1 aromatic carbocycles. The first-order valence-electron chi connectivity index (χ1n) is 7.92. The number of hydrogen-bond donors (Lipinski definition) is 1. The van der Waals surface area contributed by atoms with Crippen LogP contribution in [0.4, 0.5) is 0 Å². The molecular weight excluding hydrogens is 296 g/mol. The summed E-state index contributed by atoms with van der Waals surface area (Å²) in [5, 5.41) is 20.8. The van der Waals surface area contributed by atoms with E-state index in [-0.39, 0.29) is 6.42 Å². The van der Waals surface area contributed by atoms with E-state index in [1.807, 2.05) is 24.3 Å². The van der Waals surface area contributed by atoms with Crippen LogP contribution in [0.5, 0.6) is 5.75 Å². The van der Waals surface area contributed by atoms with Gasteiger partial charge in [0, 0.05) is 12.0 Å². The average molecular weight is 318 g/mol. The van der Waals surface area contributed by atoms with Crippen molar-refractivity contribution in [2.45, 2.75) is 45.6 Å². The third-order valence-corrected chi connectivity index (χ3v) is 3.33. The Bertz CT molecular complexity index is 610. The van der Waals surface area contributed by atoms with Crippen LogP contribution in [0.1, 0.15) is 39.0 Å². The number of carboxylic acids is 1. The summed E-state index contributed by atoms with van der Waals surface area (Å²) >= 11 is 0. The lowest BCUT2D eigenvalue weighted by Gasteiger charge is -2.05. The Morgan fingerprint density at radius 2 is 2.00 bits per heavy atom. The highest BCUT2D eigenvalue weighted by molar-refractivity contribution is 5.66. The first kappa shape index (κ1) is 16.9. The van der Waals surface area contributed by atoms with Crippen molar-refractivity contribution < 1.29 is 14.6 Å². The highest BCUT2D eigenvalue weighted by atomic mass is 16.5. The molecule has 0 amide bonds. The number of tetrazole rings is 1. The molecule has 2 rings (SSSR count). The second-order valence-corrected chi connectivity index (χ2v) is 5.29. The topological polar surface area (TPSA) is 90.1 Å². The van der Waals surface area contributed by atoms with Gasteiger partial charge in [-0.1, -0.05) is 19.8 Å². The summed E-state index contributed by atoms with van der Waals surface area (Å²) in [5.41, 5.74) is 0.857. The number of rotatable bonds is 10. The Labute approximate surface area is 135 Å². The number of hydrogen-bond acceptors (Lipinski definition) is 5. The van der Waals surface area contributed by atoms with Crippen LogP contribution in [0, 0.1) is 0 Å². The van der Waals surface area contributed by atoms with E-state index in [1.54, 1.807) is 0 Å². The summed E-state index contributed by atoms with van der Waals surface area (Å²) in [5.74, 6) is 0.538. The molecule has 0 aliphatic carbocycles. The van der Waals surface area contributed by atoms with Crippen molar-refractivity contribution in [2.75, 3.05) is 6.61 Å². The van der Waals surface area contributed by atoms with Crippen LogP contribution in [0.25, 0.3) is 11.4 Å². The van der Waals surface area contributed by atoms with Crippen LogP contribution in [-0.2, 0) is 11.3 Å². The van der Waals surface area contributed by atoms with Gasteiger partial charge in [-0.05, 0) is 42.3 Å². The summed E-state index contributed by atoms with van der Waals surface area (Å²) in [6, 6.07) is 7.58. The number of carboxylic acid groups (broad SMARTS) is 1. The van der Waals surface area contributed by atoms with Crippen LogP contribution < -0.4 is 4.74 Å². The van der Waals surface area contributed by atoms with Gasteiger partial charge in [-0.25, -0.2) is 0 Å². The van der Waals surface area contributed by atoms with E-state index >= 15 is 0 Å². The SMILES string of the molecule is CCCCCOc1ccc(-c2nnn(CCCC(=O)O)n2)cc1. The molecule has 2 aromatic rings. The van der Waals surface area contributed by atoms with E-state index in [1.165, 1.54) is 17.6 Å². The highest BCUT2D eigenvalue weighted by Gasteiger charge is 2.07. The minimum absolute atomic E-state index is 0.0982. The molecule has 0 aliphatic heterocycles. The van der Waals surface area contributed by atoms with Crippen LogP contribution >= 0.6 is 0 Å². The Kier molecular flexibility index (Phi) is 6.53. The second-order valence-electron chi connectivity index (χ2n) is 5.29. The summed E-state index contributed by atoms with van der Waals surface area (Å²) in [6.07, 6.45) is 3.99. The largest absolute Gasteiger partial charge is 0.494 e. The maximum atomic E-state index is 10.5. The van der Waals surface area contributed by atoms with Crippen molar-refractivity contribution in [3.8, 4) is 17.1 Å². The van der Waals surface area contributed by atoms with Gasteiger partial charge in [-0.15, -0.1) is 10.2 Å². The zero-order valence-electron chi connectivity index (χ0n) is 13.3. The van der Waals surface area contributed by atoms with E-state index in [0.717, 1.165) is 24.3 Å². The molecule has 7 heteroatoms. The van der Waals surface area contributed by atoms with E-state index in [9.17, 15) is 4.79 Å². The van der Waals surface area contributed by atoms with Crippen molar-refractivity contribution in [2.24, 2.45) is 0 Å². The molecule has 124 valence electrons. The van der Waals surface area contributed by atoms with Gasteiger partial charge >= 0.3 is 5.97 Å². The molecule has 1 heterocycles. The average Bonchev–Trinajstić information content (AvgIpc) is 3.01. The first-order chi connectivity index (χ1) is 11.2. The van der Waals surface area contributed by atoms with E-state index in [0.29, 0.717) is 18.8 Å². The normalized spacial score (nSPS) is 10.7. The predicted octanol–water partition coefficient (Wildman–Crippen LogP) is 2.77. The number of unbranched alkanes of at least 4 members (excludes halogenated alkanes) is 2. The molecule has 0 atom stereocenters. The quantitative estimate of drug-likeness (QED) is 0.677. The molecule has 1 aromatic heterocycles. The molecule has 0 saturated carbocycles. The fourth-order valence-electron chi connectivity index (χ4n) is 2.07. The van der Waals surface area contributed by atoms with Crippen molar-refractivity contribution >= 4 is 5.97 Å². The Hall–Kier alpha value is -2.44. The molecule has 0 saturated heterocycles. The third kappa shape index (κ3) is 5.69. The predicted molar refractivity (Wildman–Crippen MR) is 85.1 cm³/mol. The smallest absolute Gasteiger partial charge is 0.303 e. The summed E-state index contributed by atoms with van der Waals surface area (Å²) in [6.45, 7) is 3.33. The van der Waals surface area contributed by atoms with Crippen LogP contribution in [0.3, 0.4) is 0 Å². The van der Waals surface area contributed by atoms with Crippen molar-refractivity contribution in [1.29, 1.82) is 0 Å². The van der Waals surface area contributed by atoms with Gasteiger partial charge in [0.25, 0.3) is 0 Å². The number of benzene rings is 1. The van der Waals surface area contributed by atoms with E-state index < -0.39 is 5.97 Å².